The average molecular weight is 239 g/mol. The zero-order chi connectivity index (χ0) is 11.7. The van der Waals surface area contributed by atoms with Gasteiger partial charge in [-0.1, -0.05) is 16.8 Å². The smallest absolute Gasteiger partial charge is 0.220 e. The van der Waals surface area contributed by atoms with Crippen LogP contribution in [0.5, 0.6) is 0 Å². The van der Waals surface area contributed by atoms with Crippen molar-refractivity contribution in [1.82, 2.24) is 19.9 Å². The molecule has 6 heteroatoms. The molecule has 5 nitrogen and oxygen atoms in total. The van der Waals surface area contributed by atoms with Crippen molar-refractivity contribution in [3.63, 3.8) is 0 Å². The van der Waals surface area contributed by atoms with Crippen LogP contribution >= 0.6 is 11.6 Å². The number of nitrogens with zero attached hydrogens (tertiary/aromatic N) is 4. The minimum atomic E-state index is -0.0225. The molecule has 1 heterocycles. The Morgan fingerprint density at radius 3 is 3.00 bits per heavy atom. The number of benzene rings is 1. The molecule has 84 valence electrons. The Morgan fingerprint density at radius 1 is 1.56 bits per heavy atom. The van der Waals surface area contributed by atoms with E-state index in [-0.39, 0.29) is 5.91 Å². The molecule has 16 heavy (non-hydrogen) atoms. The van der Waals surface area contributed by atoms with Crippen LogP contribution in [0.4, 0.5) is 0 Å². The van der Waals surface area contributed by atoms with E-state index in [2.05, 4.69) is 10.3 Å². The van der Waals surface area contributed by atoms with Crippen molar-refractivity contribution in [2.75, 3.05) is 7.05 Å². The monoisotopic (exact) mass is 238 g/mol. The van der Waals surface area contributed by atoms with E-state index in [0.29, 0.717) is 11.7 Å². The summed E-state index contributed by atoms with van der Waals surface area (Å²) in [5, 5.41) is 8.59. The van der Waals surface area contributed by atoms with Crippen molar-refractivity contribution < 1.29 is 4.79 Å². The lowest BCUT2D eigenvalue weighted by molar-refractivity contribution is -0.129. The van der Waals surface area contributed by atoms with Crippen LogP contribution in [0, 0.1) is 0 Å². The second-order valence-electron chi connectivity index (χ2n) is 3.58. The van der Waals surface area contributed by atoms with Gasteiger partial charge in [-0.05, 0) is 18.2 Å². The molecular formula is C10H11ClN4O. The summed E-state index contributed by atoms with van der Waals surface area (Å²) < 4.78 is 1.64. The number of hydrogen-bond acceptors (Lipinski definition) is 3. The Balaban J connectivity index is 2.37. The molecule has 0 fully saturated rings. The first kappa shape index (κ1) is 10.9. The van der Waals surface area contributed by atoms with Crippen LogP contribution in [0.3, 0.4) is 0 Å². The Kier molecular flexibility index (Phi) is 2.78. The Morgan fingerprint density at radius 2 is 2.31 bits per heavy atom. The van der Waals surface area contributed by atoms with Crippen LogP contribution in [-0.2, 0) is 11.5 Å². The van der Waals surface area contributed by atoms with Crippen molar-refractivity contribution in [3.05, 3.63) is 23.2 Å². The van der Waals surface area contributed by atoms with Crippen LogP contribution in [0.15, 0.2) is 18.2 Å². The molecule has 2 aromatic rings. The van der Waals surface area contributed by atoms with E-state index in [4.69, 9.17) is 11.6 Å². The van der Waals surface area contributed by atoms with Gasteiger partial charge in [0.25, 0.3) is 0 Å². The van der Waals surface area contributed by atoms with Crippen molar-refractivity contribution in [3.8, 4) is 0 Å². The van der Waals surface area contributed by atoms with E-state index >= 15 is 0 Å². The predicted octanol–water partition coefficient (Wildman–Crippen LogP) is 1.52. The van der Waals surface area contributed by atoms with E-state index in [0.717, 1.165) is 11.0 Å². The quantitative estimate of drug-likeness (QED) is 0.797. The molecule has 1 aromatic heterocycles. The molecule has 0 aliphatic rings. The third-order valence-electron chi connectivity index (χ3n) is 2.36. The third-order valence-corrected chi connectivity index (χ3v) is 2.59. The van der Waals surface area contributed by atoms with Gasteiger partial charge in [-0.2, -0.15) is 0 Å². The van der Waals surface area contributed by atoms with Gasteiger partial charge in [0, 0.05) is 19.0 Å². The summed E-state index contributed by atoms with van der Waals surface area (Å²) in [6.45, 7) is 1.87. The van der Waals surface area contributed by atoms with Gasteiger partial charge < -0.3 is 4.90 Å². The maximum Gasteiger partial charge on any atom is 0.220 e. The fourth-order valence-electron chi connectivity index (χ4n) is 1.34. The topological polar surface area (TPSA) is 51.0 Å². The van der Waals surface area contributed by atoms with Gasteiger partial charge in [0.15, 0.2) is 0 Å². The lowest BCUT2D eigenvalue weighted by atomic mass is 10.3. The normalized spacial score (nSPS) is 10.7. The summed E-state index contributed by atoms with van der Waals surface area (Å²) in [6.07, 6.45) is 0. The summed E-state index contributed by atoms with van der Waals surface area (Å²) in [5.41, 5.74) is 1.59. The highest BCUT2D eigenvalue weighted by atomic mass is 35.5. The summed E-state index contributed by atoms with van der Waals surface area (Å²) in [5.74, 6) is -0.0225. The fourth-order valence-corrected chi connectivity index (χ4v) is 1.51. The predicted molar refractivity (Wildman–Crippen MR) is 61.0 cm³/mol. The highest BCUT2D eigenvalue weighted by Gasteiger charge is 2.08. The van der Waals surface area contributed by atoms with Gasteiger partial charge >= 0.3 is 0 Å². The molecule has 0 atom stereocenters. The van der Waals surface area contributed by atoms with E-state index in [9.17, 15) is 4.79 Å². The number of carbonyl (C=O) groups excluding carboxylic acids is 1. The first-order valence-electron chi connectivity index (χ1n) is 4.78. The number of carbonyl (C=O) groups is 1. The molecule has 0 saturated heterocycles. The van der Waals surface area contributed by atoms with Gasteiger partial charge in [-0.25, -0.2) is 4.68 Å². The number of amides is 1. The summed E-state index contributed by atoms with van der Waals surface area (Å²) >= 11 is 5.90. The van der Waals surface area contributed by atoms with Crippen molar-refractivity contribution in [2.24, 2.45) is 0 Å². The number of rotatable bonds is 2. The lowest BCUT2D eigenvalue weighted by Gasteiger charge is -2.14. The van der Waals surface area contributed by atoms with Gasteiger partial charge in [0.2, 0.25) is 5.91 Å². The Labute approximate surface area is 97.6 Å². The van der Waals surface area contributed by atoms with Crippen LogP contribution in [0.1, 0.15) is 6.92 Å². The SMILES string of the molecule is CC(=O)N(C)Cn1nnc2ccc(Cl)cc21. The number of hydrogen-bond donors (Lipinski definition) is 0. The standard InChI is InChI=1S/C10H11ClN4O/c1-7(16)14(2)6-15-10-5-8(11)3-4-9(10)12-13-15/h3-5H,6H2,1-2H3. The van der Waals surface area contributed by atoms with Crippen LogP contribution < -0.4 is 0 Å². The molecule has 0 saturated carbocycles. The molecule has 0 bridgehead atoms. The first-order valence-corrected chi connectivity index (χ1v) is 5.16. The molecule has 0 aliphatic heterocycles. The number of fused-ring (bicyclic) bond motifs is 1. The van der Waals surface area contributed by atoms with Crippen molar-refractivity contribution in [2.45, 2.75) is 13.6 Å². The molecule has 1 aromatic carbocycles. The Bertz CT molecular complexity index is 537. The van der Waals surface area contributed by atoms with Gasteiger partial charge in [-0.15, -0.1) is 5.10 Å². The molecule has 0 radical (unpaired) electrons. The van der Waals surface area contributed by atoms with E-state index < -0.39 is 0 Å². The maximum atomic E-state index is 11.1. The minimum Gasteiger partial charge on any atom is -0.326 e. The van der Waals surface area contributed by atoms with Crippen molar-refractivity contribution >= 4 is 28.5 Å². The minimum absolute atomic E-state index is 0.0225. The summed E-state index contributed by atoms with van der Waals surface area (Å²) in [7, 11) is 1.71. The second kappa shape index (κ2) is 4.09. The van der Waals surface area contributed by atoms with E-state index in [1.165, 1.54) is 6.92 Å². The average Bonchev–Trinajstić information content (AvgIpc) is 2.61. The maximum absolute atomic E-state index is 11.1. The molecule has 0 unspecified atom stereocenters. The molecule has 0 N–H and O–H groups in total. The van der Waals surface area contributed by atoms with Gasteiger partial charge in [0.1, 0.15) is 12.2 Å². The van der Waals surface area contributed by atoms with E-state index in [1.807, 2.05) is 0 Å². The van der Waals surface area contributed by atoms with Gasteiger partial charge in [-0.3, -0.25) is 4.79 Å². The fraction of sp³-hybridized carbons (Fsp3) is 0.300. The molecule has 2 rings (SSSR count). The van der Waals surface area contributed by atoms with E-state index in [1.54, 1.807) is 34.8 Å². The third kappa shape index (κ3) is 1.99. The van der Waals surface area contributed by atoms with Crippen LogP contribution in [-0.4, -0.2) is 32.8 Å². The summed E-state index contributed by atoms with van der Waals surface area (Å²) in [6, 6.07) is 5.34. The number of aromatic nitrogens is 3. The molecule has 0 spiro atoms. The van der Waals surface area contributed by atoms with Crippen molar-refractivity contribution in [1.29, 1.82) is 0 Å². The molecule has 0 aliphatic carbocycles. The summed E-state index contributed by atoms with van der Waals surface area (Å²) in [4.78, 5) is 12.7. The largest absolute Gasteiger partial charge is 0.326 e. The zero-order valence-electron chi connectivity index (χ0n) is 9.01. The first-order chi connectivity index (χ1) is 7.58. The number of halogens is 1. The second-order valence-corrected chi connectivity index (χ2v) is 4.02. The van der Waals surface area contributed by atoms with Gasteiger partial charge in [0.05, 0.1) is 5.52 Å². The zero-order valence-corrected chi connectivity index (χ0v) is 9.77. The van der Waals surface area contributed by atoms with Crippen LogP contribution in [0.2, 0.25) is 5.02 Å². The lowest BCUT2D eigenvalue weighted by Crippen LogP contribution is -2.27. The highest BCUT2D eigenvalue weighted by Crippen LogP contribution is 2.17. The molecule has 1 amide bonds. The Hall–Kier alpha value is -1.62. The molecular weight excluding hydrogens is 228 g/mol. The van der Waals surface area contributed by atoms with Crippen LogP contribution in [0.25, 0.3) is 11.0 Å². The highest BCUT2D eigenvalue weighted by molar-refractivity contribution is 6.31.